The third-order valence-corrected chi connectivity index (χ3v) is 5.96. The largest absolute Gasteiger partial charge is 0.519 e. The average molecular weight is 391 g/mol. The van der Waals surface area contributed by atoms with E-state index < -0.39 is 11.1 Å². The van der Waals surface area contributed by atoms with E-state index in [9.17, 15) is 14.9 Å². The third kappa shape index (κ3) is 4.47. The van der Waals surface area contributed by atoms with Crippen molar-refractivity contribution in [2.45, 2.75) is 0 Å². The molecule has 0 spiro atoms. The van der Waals surface area contributed by atoms with Crippen molar-refractivity contribution in [1.82, 2.24) is 0 Å². The Balaban J connectivity index is 1.62. The predicted molar refractivity (Wildman–Crippen MR) is 98.2 cm³/mol. The lowest BCUT2D eigenvalue weighted by molar-refractivity contribution is -0.384. The van der Waals surface area contributed by atoms with Crippen LogP contribution in [0.15, 0.2) is 54.6 Å². The number of nitro benzene ring substituents is 1. The van der Waals surface area contributed by atoms with E-state index in [1.165, 1.54) is 34.6 Å². The lowest BCUT2D eigenvalue weighted by Crippen LogP contribution is -2.13. The molecule has 0 saturated carbocycles. The van der Waals surface area contributed by atoms with Gasteiger partial charge in [-0.3, -0.25) is 10.1 Å². The van der Waals surface area contributed by atoms with Crippen LogP contribution in [0.1, 0.15) is 0 Å². The van der Waals surface area contributed by atoms with Crippen molar-refractivity contribution in [3.05, 3.63) is 68.5 Å². The first-order chi connectivity index (χ1) is 12.0. The lowest BCUT2D eigenvalue weighted by Gasteiger charge is -2.06. The van der Waals surface area contributed by atoms with E-state index in [1.54, 1.807) is 22.5 Å². The summed E-state index contributed by atoms with van der Waals surface area (Å²) in [7, 11) is 3.11. The van der Waals surface area contributed by atoms with Crippen LogP contribution in [-0.4, -0.2) is 11.1 Å². The second-order valence-electron chi connectivity index (χ2n) is 4.72. The molecule has 0 unspecified atom stereocenters. The van der Waals surface area contributed by atoms with Crippen molar-refractivity contribution in [1.29, 1.82) is 0 Å². The first-order valence-electron chi connectivity index (χ1n) is 6.86. The number of non-ortho nitro benzene ring substituents is 1. The van der Waals surface area contributed by atoms with Gasteiger partial charge in [-0.2, -0.15) is 0 Å². The molecule has 9 heteroatoms. The van der Waals surface area contributed by atoms with Crippen molar-refractivity contribution in [3.63, 3.8) is 0 Å². The molecule has 0 fully saturated rings. The molecule has 0 N–H and O–H groups in total. The zero-order chi connectivity index (χ0) is 17.8. The summed E-state index contributed by atoms with van der Waals surface area (Å²) in [5.74, 6) is 0.486. The van der Waals surface area contributed by atoms with Gasteiger partial charge in [0.05, 0.1) is 4.92 Å². The fourth-order valence-corrected chi connectivity index (χ4v) is 4.31. The molecule has 0 saturated heterocycles. The first-order valence-corrected chi connectivity index (χ1v) is 9.42. The number of nitrogens with zero attached hydrogens (tertiary/aromatic N) is 1. The number of rotatable bonds is 4. The van der Waals surface area contributed by atoms with Gasteiger partial charge in [-0.25, -0.2) is 4.79 Å². The van der Waals surface area contributed by atoms with Gasteiger partial charge in [0.2, 0.25) is 0 Å². The minimum atomic E-state index is -0.923. The zero-order valence-electron chi connectivity index (χ0n) is 12.4. The summed E-state index contributed by atoms with van der Waals surface area (Å²) in [6, 6.07) is 14.0. The highest BCUT2D eigenvalue weighted by Gasteiger charge is 2.10. The molecular weight excluding hydrogens is 382 g/mol. The Bertz CT molecular complexity index is 960. The van der Waals surface area contributed by atoms with Gasteiger partial charge in [0.1, 0.15) is 15.3 Å². The van der Waals surface area contributed by atoms with Gasteiger partial charge in [-0.15, -0.1) is 0 Å². The summed E-state index contributed by atoms with van der Waals surface area (Å²) in [4.78, 5) is 22.9. The molecule has 1 heterocycles. The normalized spacial score (nSPS) is 10.2. The SMILES string of the molecule is O=C(Oc1ccc(-c2cc(=S)ss2)cc1)Oc1ccc([N+](=O)[O-])cc1. The van der Waals surface area contributed by atoms with E-state index in [0.29, 0.717) is 5.75 Å². The maximum Gasteiger partial charge on any atom is 0.519 e. The summed E-state index contributed by atoms with van der Waals surface area (Å²) in [5.41, 5.74) is 0.890. The third-order valence-electron chi connectivity index (χ3n) is 3.05. The van der Waals surface area contributed by atoms with Crippen molar-refractivity contribution >= 4 is 44.7 Å². The molecular formula is C16H9NO5S3. The van der Waals surface area contributed by atoms with Crippen molar-refractivity contribution in [3.8, 4) is 21.9 Å². The summed E-state index contributed by atoms with van der Waals surface area (Å²) in [6.45, 7) is 0. The number of ether oxygens (including phenoxy) is 2. The number of hydrogen-bond donors (Lipinski definition) is 0. The fraction of sp³-hybridized carbons (Fsp3) is 0. The molecule has 1 aromatic heterocycles. The highest BCUT2D eigenvalue weighted by atomic mass is 32.9. The maximum absolute atomic E-state index is 11.8. The molecule has 25 heavy (non-hydrogen) atoms. The standard InChI is InChI=1S/C16H9NO5S3/c18-16(22-13-7-3-11(4-8-13)17(19)20)21-12-5-1-10(2-6-12)14-9-15(23)25-24-14/h1-9H. The Kier molecular flexibility index (Phi) is 5.17. The summed E-state index contributed by atoms with van der Waals surface area (Å²) in [5, 5.41) is 10.6. The molecule has 3 rings (SSSR count). The van der Waals surface area contributed by atoms with E-state index >= 15 is 0 Å². The number of carbonyl (C=O) groups excluding carboxylic acids is 1. The van der Waals surface area contributed by atoms with Gasteiger partial charge < -0.3 is 9.47 Å². The number of benzene rings is 2. The summed E-state index contributed by atoms with van der Waals surface area (Å²) >= 11 is 5.11. The van der Waals surface area contributed by atoms with E-state index in [-0.39, 0.29) is 11.4 Å². The average Bonchev–Trinajstić information content (AvgIpc) is 3.02. The van der Waals surface area contributed by atoms with Crippen LogP contribution in [0.5, 0.6) is 11.5 Å². The Hall–Kier alpha value is -2.62. The minimum absolute atomic E-state index is 0.0898. The second-order valence-corrected chi connectivity index (χ2v) is 7.64. The van der Waals surface area contributed by atoms with E-state index in [1.807, 2.05) is 18.2 Å². The highest BCUT2D eigenvalue weighted by Crippen LogP contribution is 2.30. The Morgan fingerprint density at radius 3 is 2.00 bits per heavy atom. The highest BCUT2D eigenvalue weighted by molar-refractivity contribution is 7.80. The molecule has 0 aliphatic heterocycles. The number of hydrogen-bond acceptors (Lipinski definition) is 8. The molecule has 0 aliphatic rings. The quantitative estimate of drug-likeness (QED) is 0.142. The van der Waals surface area contributed by atoms with Gasteiger partial charge in [0.25, 0.3) is 5.69 Å². The molecule has 0 bridgehead atoms. The number of nitro groups is 1. The molecule has 0 aliphatic carbocycles. The number of carbonyl (C=O) groups is 1. The Labute approximate surface area is 154 Å². The van der Waals surface area contributed by atoms with Gasteiger partial charge in [0.15, 0.2) is 0 Å². The van der Waals surface area contributed by atoms with Crippen LogP contribution in [-0.2, 0) is 0 Å². The van der Waals surface area contributed by atoms with Crippen LogP contribution in [0.4, 0.5) is 10.5 Å². The Morgan fingerprint density at radius 2 is 1.52 bits per heavy atom. The monoisotopic (exact) mass is 391 g/mol. The molecule has 0 atom stereocenters. The van der Waals surface area contributed by atoms with Crippen molar-refractivity contribution in [2.24, 2.45) is 0 Å². The van der Waals surface area contributed by atoms with Crippen LogP contribution in [0.3, 0.4) is 0 Å². The maximum atomic E-state index is 11.8. The van der Waals surface area contributed by atoms with E-state index in [2.05, 4.69) is 0 Å². The molecule has 0 amide bonds. The molecule has 6 nitrogen and oxygen atoms in total. The Morgan fingerprint density at radius 1 is 0.960 bits per heavy atom. The first kappa shape index (κ1) is 17.2. The van der Waals surface area contributed by atoms with Crippen LogP contribution in [0.25, 0.3) is 10.4 Å². The van der Waals surface area contributed by atoms with E-state index in [4.69, 9.17) is 21.7 Å². The van der Waals surface area contributed by atoms with Gasteiger partial charge in [-0.05, 0) is 48.0 Å². The zero-order valence-corrected chi connectivity index (χ0v) is 14.9. The predicted octanol–water partition coefficient (Wildman–Crippen LogP) is 5.69. The van der Waals surface area contributed by atoms with Crippen LogP contribution >= 0.6 is 32.9 Å². The van der Waals surface area contributed by atoms with Crippen LogP contribution in [0.2, 0.25) is 0 Å². The van der Waals surface area contributed by atoms with Crippen molar-refractivity contribution in [2.75, 3.05) is 0 Å². The molecule has 3 aromatic rings. The smallest absolute Gasteiger partial charge is 0.395 e. The minimum Gasteiger partial charge on any atom is -0.395 e. The van der Waals surface area contributed by atoms with Crippen LogP contribution < -0.4 is 9.47 Å². The van der Waals surface area contributed by atoms with Crippen LogP contribution in [0, 0.1) is 13.9 Å². The summed E-state index contributed by atoms with van der Waals surface area (Å²) < 4.78 is 10.9. The van der Waals surface area contributed by atoms with Crippen molar-refractivity contribution < 1.29 is 19.2 Å². The molecule has 2 aromatic carbocycles. The summed E-state index contributed by atoms with van der Waals surface area (Å²) in [6.07, 6.45) is -0.923. The van der Waals surface area contributed by atoms with Gasteiger partial charge in [0, 0.05) is 17.0 Å². The second kappa shape index (κ2) is 7.51. The van der Waals surface area contributed by atoms with Gasteiger partial charge >= 0.3 is 6.16 Å². The lowest BCUT2D eigenvalue weighted by atomic mass is 10.2. The van der Waals surface area contributed by atoms with E-state index in [0.717, 1.165) is 14.3 Å². The van der Waals surface area contributed by atoms with Gasteiger partial charge in [-0.1, -0.05) is 32.9 Å². The molecule has 0 radical (unpaired) electrons. The topological polar surface area (TPSA) is 78.7 Å². The molecule has 126 valence electrons. The fourth-order valence-electron chi connectivity index (χ4n) is 1.91.